The van der Waals surface area contributed by atoms with Crippen molar-refractivity contribution in [2.45, 2.75) is 19.4 Å². The molecule has 118 valence electrons. The third-order valence-electron chi connectivity index (χ3n) is 4.86. The summed E-state index contributed by atoms with van der Waals surface area (Å²) in [5.41, 5.74) is 10.7. The first-order valence-corrected chi connectivity index (χ1v) is 8.13. The topological polar surface area (TPSA) is 76.7 Å². The van der Waals surface area contributed by atoms with Crippen molar-refractivity contribution in [2.24, 2.45) is 0 Å². The van der Waals surface area contributed by atoms with Gasteiger partial charge in [-0.15, -0.1) is 0 Å². The van der Waals surface area contributed by atoms with Gasteiger partial charge in [0.25, 0.3) is 0 Å². The van der Waals surface area contributed by atoms with E-state index in [9.17, 15) is 4.79 Å². The molecule has 0 saturated heterocycles. The predicted molar refractivity (Wildman–Crippen MR) is 96.0 cm³/mol. The molecule has 24 heavy (non-hydrogen) atoms. The summed E-state index contributed by atoms with van der Waals surface area (Å²) in [6.45, 7) is 0.826. The van der Waals surface area contributed by atoms with Crippen LogP contribution in [-0.4, -0.2) is 14.5 Å². The summed E-state index contributed by atoms with van der Waals surface area (Å²) in [4.78, 5) is 20.9. The third kappa shape index (κ3) is 1.69. The van der Waals surface area contributed by atoms with Crippen LogP contribution in [0.25, 0.3) is 33.3 Å². The van der Waals surface area contributed by atoms with Gasteiger partial charge in [0.15, 0.2) is 0 Å². The Morgan fingerprint density at radius 2 is 2.00 bits per heavy atom. The Balaban J connectivity index is 1.91. The molecular weight excluding hydrogens is 300 g/mol. The summed E-state index contributed by atoms with van der Waals surface area (Å²) in [6, 6.07) is 13.7. The highest BCUT2D eigenvalue weighted by atomic mass is 16.1. The maximum Gasteiger partial charge on any atom is 0.202 e. The number of pyridine rings is 1. The van der Waals surface area contributed by atoms with E-state index >= 15 is 0 Å². The molecule has 2 aromatic carbocycles. The average molecular weight is 316 g/mol. The minimum Gasteiger partial charge on any atom is -0.384 e. The molecule has 0 atom stereocenters. The quantitative estimate of drug-likeness (QED) is 0.566. The van der Waals surface area contributed by atoms with E-state index in [1.165, 1.54) is 5.56 Å². The lowest BCUT2D eigenvalue weighted by atomic mass is 9.99. The molecule has 1 aliphatic heterocycles. The van der Waals surface area contributed by atoms with Crippen molar-refractivity contribution >= 4 is 27.8 Å². The maximum absolute atomic E-state index is 13.1. The summed E-state index contributed by atoms with van der Waals surface area (Å²) in [5.74, 6) is 1.04. The van der Waals surface area contributed by atoms with Crippen LogP contribution in [0, 0.1) is 0 Å². The van der Waals surface area contributed by atoms with Gasteiger partial charge < -0.3 is 15.3 Å². The second-order valence-corrected chi connectivity index (χ2v) is 6.26. The molecule has 3 N–H and O–H groups in total. The number of hydrogen-bond acceptors (Lipinski definition) is 3. The van der Waals surface area contributed by atoms with E-state index in [2.05, 4.69) is 20.6 Å². The van der Waals surface area contributed by atoms with Crippen molar-refractivity contribution in [1.82, 2.24) is 14.5 Å². The van der Waals surface area contributed by atoms with E-state index in [-0.39, 0.29) is 5.43 Å². The number of aryl methyl sites for hydroxylation is 2. The fraction of sp³-hybridized carbons (Fsp3) is 0.158. The lowest BCUT2D eigenvalue weighted by molar-refractivity contribution is 0.638. The molecule has 5 heteroatoms. The van der Waals surface area contributed by atoms with Crippen LogP contribution in [0.15, 0.2) is 47.3 Å². The summed E-state index contributed by atoms with van der Waals surface area (Å²) < 4.78 is 2.07. The van der Waals surface area contributed by atoms with E-state index in [4.69, 9.17) is 5.73 Å². The number of anilines is 1. The van der Waals surface area contributed by atoms with E-state index in [0.29, 0.717) is 17.2 Å². The highest BCUT2D eigenvalue weighted by Crippen LogP contribution is 2.31. The molecule has 4 aromatic rings. The van der Waals surface area contributed by atoms with Crippen LogP contribution in [0.3, 0.4) is 0 Å². The monoisotopic (exact) mass is 316 g/mol. The normalized spacial score (nSPS) is 13.7. The highest BCUT2D eigenvalue weighted by molar-refractivity contribution is 5.92. The number of aromatic amines is 1. The lowest BCUT2D eigenvalue weighted by Crippen LogP contribution is -2.21. The average Bonchev–Trinajstić information content (AvgIpc) is 3.03. The SMILES string of the molecule is Nc1c(-c2nc3ccccc3[nH]2)c(=O)c2cccc3c2n1CCC3. The van der Waals surface area contributed by atoms with E-state index in [0.717, 1.165) is 41.3 Å². The number of H-pyrrole nitrogens is 1. The first kappa shape index (κ1) is 13.4. The van der Waals surface area contributed by atoms with Gasteiger partial charge in [0, 0.05) is 11.9 Å². The largest absolute Gasteiger partial charge is 0.384 e. The number of para-hydroxylation sites is 3. The van der Waals surface area contributed by atoms with Gasteiger partial charge in [0.1, 0.15) is 17.2 Å². The maximum atomic E-state index is 13.1. The Bertz CT molecular complexity index is 1140. The van der Waals surface area contributed by atoms with Crippen LogP contribution in [-0.2, 0) is 13.0 Å². The number of nitrogens with two attached hydrogens (primary N) is 1. The van der Waals surface area contributed by atoms with Crippen molar-refractivity contribution in [1.29, 1.82) is 0 Å². The molecule has 0 bridgehead atoms. The van der Waals surface area contributed by atoms with Crippen LogP contribution in [0.2, 0.25) is 0 Å². The Morgan fingerprint density at radius 1 is 1.12 bits per heavy atom. The number of rotatable bonds is 1. The third-order valence-corrected chi connectivity index (χ3v) is 4.86. The molecule has 0 fully saturated rings. The molecule has 0 amide bonds. The summed E-state index contributed by atoms with van der Waals surface area (Å²) in [7, 11) is 0. The van der Waals surface area contributed by atoms with E-state index in [1.807, 2.05) is 36.4 Å². The number of hydrogen-bond donors (Lipinski definition) is 2. The summed E-state index contributed by atoms with van der Waals surface area (Å²) in [6.07, 6.45) is 2.01. The number of benzene rings is 2. The van der Waals surface area contributed by atoms with Crippen molar-refractivity contribution < 1.29 is 0 Å². The van der Waals surface area contributed by atoms with Crippen molar-refractivity contribution in [2.75, 3.05) is 5.73 Å². The minimum absolute atomic E-state index is 0.0541. The number of nitrogen functional groups attached to an aromatic ring is 1. The molecule has 3 heterocycles. The number of imidazole rings is 1. The predicted octanol–water partition coefficient (Wildman–Crippen LogP) is 3.07. The number of aromatic nitrogens is 3. The van der Waals surface area contributed by atoms with Gasteiger partial charge in [-0.2, -0.15) is 0 Å². The van der Waals surface area contributed by atoms with Gasteiger partial charge in [0.05, 0.1) is 16.6 Å². The molecule has 2 aromatic heterocycles. The molecule has 0 aliphatic carbocycles. The van der Waals surface area contributed by atoms with Gasteiger partial charge in [-0.3, -0.25) is 4.79 Å². The molecule has 5 rings (SSSR count). The lowest BCUT2D eigenvalue weighted by Gasteiger charge is -2.23. The van der Waals surface area contributed by atoms with Gasteiger partial charge in [-0.25, -0.2) is 4.98 Å². The van der Waals surface area contributed by atoms with Crippen molar-refractivity contribution in [3.8, 4) is 11.4 Å². The van der Waals surface area contributed by atoms with Crippen LogP contribution in [0.4, 0.5) is 5.82 Å². The highest BCUT2D eigenvalue weighted by Gasteiger charge is 2.22. The summed E-state index contributed by atoms with van der Waals surface area (Å²) in [5, 5.41) is 0.719. The van der Waals surface area contributed by atoms with Crippen molar-refractivity contribution in [3.05, 3.63) is 58.3 Å². The fourth-order valence-corrected chi connectivity index (χ4v) is 3.76. The van der Waals surface area contributed by atoms with Crippen molar-refractivity contribution in [3.63, 3.8) is 0 Å². The molecule has 0 radical (unpaired) electrons. The van der Waals surface area contributed by atoms with Crippen LogP contribution in [0.1, 0.15) is 12.0 Å². The first-order valence-electron chi connectivity index (χ1n) is 8.13. The smallest absolute Gasteiger partial charge is 0.202 e. The Kier molecular flexibility index (Phi) is 2.62. The molecule has 0 saturated carbocycles. The van der Waals surface area contributed by atoms with Gasteiger partial charge >= 0.3 is 0 Å². The number of nitrogens with one attached hydrogen (secondary N) is 1. The Morgan fingerprint density at radius 3 is 2.88 bits per heavy atom. The Hall–Kier alpha value is -3.08. The van der Waals surface area contributed by atoms with Crippen LogP contribution in [0.5, 0.6) is 0 Å². The molecular formula is C19H16N4O. The summed E-state index contributed by atoms with van der Waals surface area (Å²) >= 11 is 0. The van der Waals surface area contributed by atoms with Gasteiger partial charge in [0.2, 0.25) is 5.43 Å². The molecule has 0 unspecified atom stereocenters. The number of nitrogens with zero attached hydrogens (tertiary/aromatic N) is 2. The standard InChI is InChI=1S/C19H16N4O/c20-18-15(19-21-13-8-1-2-9-14(13)22-19)17(24)12-7-3-5-11-6-4-10-23(18)16(11)12/h1-3,5,7-9H,4,6,10,20H2,(H,21,22). The Labute approximate surface area is 137 Å². The van der Waals surface area contributed by atoms with Crippen LogP contribution >= 0.6 is 0 Å². The molecule has 1 aliphatic rings. The van der Waals surface area contributed by atoms with Gasteiger partial charge in [-0.05, 0) is 36.6 Å². The first-order chi connectivity index (χ1) is 11.7. The second-order valence-electron chi connectivity index (χ2n) is 6.26. The second kappa shape index (κ2) is 4.71. The van der Waals surface area contributed by atoms with Crippen LogP contribution < -0.4 is 11.2 Å². The zero-order valence-electron chi connectivity index (χ0n) is 13.0. The van der Waals surface area contributed by atoms with E-state index in [1.54, 1.807) is 0 Å². The molecule has 5 nitrogen and oxygen atoms in total. The van der Waals surface area contributed by atoms with E-state index < -0.39 is 0 Å². The number of fused-ring (bicyclic) bond motifs is 1. The minimum atomic E-state index is -0.0541. The fourth-order valence-electron chi connectivity index (χ4n) is 3.76. The zero-order chi connectivity index (χ0) is 16.3. The zero-order valence-corrected chi connectivity index (χ0v) is 13.0. The van der Waals surface area contributed by atoms with Gasteiger partial charge in [-0.1, -0.05) is 24.3 Å². The molecule has 0 spiro atoms.